The van der Waals surface area contributed by atoms with E-state index >= 15 is 0 Å². The Morgan fingerprint density at radius 3 is 2.39 bits per heavy atom. The molecule has 1 aromatic carbocycles. The summed E-state index contributed by atoms with van der Waals surface area (Å²) in [5.74, 6) is -1.10. The summed E-state index contributed by atoms with van der Waals surface area (Å²) in [5.41, 5.74) is 1.25. The Bertz CT molecular complexity index is 646. The van der Waals surface area contributed by atoms with Gasteiger partial charge in [0.1, 0.15) is 5.54 Å². The molecule has 0 fully saturated rings. The SMILES string of the molecule is Cc1cccc(C(=O)O[C@@H](C)C(=O)N[C@](C)(C#N)C(C)C)c1C. The molecule has 0 bridgehead atoms. The zero-order chi connectivity index (χ0) is 17.8. The maximum atomic E-state index is 12.2. The zero-order valence-electron chi connectivity index (χ0n) is 14.6. The van der Waals surface area contributed by atoms with E-state index in [1.54, 1.807) is 19.1 Å². The second-order valence-corrected chi connectivity index (χ2v) is 6.25. The molecule has 0 aliphatic rings. The van der Waals surface area contributed by atoms with Gasteiger partial charge in [-0.1, -0.05) is 26.0 Å². The zero-order valence-corrected chi connectivity index (χ0v) is 14.6. The standard InChI is InChI=1S/C18H24N2O3/c1-11(2)18(6,10-19)20-16(21)14(5)23-17(22)15-9-7-8-12(3)13(15)4/h7-9,11,14H,1-6H3,(H,20,21)/t14-,18+/m0/s1. The number of ether oxygens (including phenoxy) is 1. The van der Waals surface area contributed by atoms with E-state index in [9.17, 15) is 14.9 Å². The van der Waals surface area contributed by atoms with Crippen molar-refractivity contribution in [1.82, 2.24) is 5.32 Å². The minimum atomic E-state index is -1.00. The van der Waals surface area contributed by atoms with Crippen LogP contribution >= 0.6 is 0 Å². The first-order valence-electron chi connectivity index (χ1n) is 7.63. The summed E-state index contributed by atoms with van der Waals surface area (Å²) in [6.07, 6.45) is -0.978. The van der Waals surface area contributed by atoms with Gasteiger partial charge in [0.15, 0.2) is 6.10 Å². The van der Waals surface area contributed by atoms with E-state index in [2.05, 4.69) is 11.4 Å². The Balaban J connectivity index is 2.81. The number of nitriles is 1. The van der Waals surface area contributed by atoms with E-state index in [4.69, 9.17) is 4.74 Å². The third-order valence-electron chi connectivity index (χ3n) is 4.25. The highest BCUT2D eigenvalue weighted by Gasteiger charge is 2.32. The number of carbonyl (C=O) groups excluding carboxylic acids is 2. The molecule has 5 nitrogen and oxygen atoms in total. The number of nitrogens with zero attached hydrogens (tertiary/aromatic N) is 1. The number of amides is 1. The van der Waals surface area contributed by atoms with E-state index in [-0.39, 0.29) is 5.92 Å². The maximum Gasteiger partial charge on any atom is 0.339 e. The van der Waals surface area contributed by atoms with Crippen molar-refractivity contribution in [3.63, 3.8) is 0 Å². The lowest BCUT2D eigenvalue weighted by Gasteiger charge is -2.28. The Hall–Kier alpha value is -2.35. The molecule has 0 saturated carbocycles. The fraction of sp³-hybridized carbons (Fsp3) is 0.500. The molecule has 124 valence electrons. The number of nitrogens with one attached hydrogen (secondary N) is 1. The predicted molar refractivity (Wildman–Crippen MR) is 87.8 cm³/mol. The van der Waals surface area contributed by atoms with Crippen molar-refractivity contribution in [1.29, 1.82) is 5.26 Å². The molecule has 0 aromatic heterocycles. The summed E-state index contributed by atoms with van der Waals surface area (Å²) in [7, 11) is 0. The molecule has 1 aromatic rings. The number of aryl methyl sites for hydroxylation is 1. The van der Waals surface area contributed by atoms with Gasteiger partial charge >= 0.3 is 5.97 Å². The summed E-state index contributed by atoms with van der Waals surface area (Å²) in [5, 5.41) is 11.9. The molecule has 0 aliphatic heterocycles. The molecule has 1 N–H and O–H groups in total. The molecular formula is C18H24N2O3. The largest absolute Gasteiger partial charge is 0.449 e. The Morgan fingerprint density at radius 2 is 1.87 bits per heavy atom. The number of rotatable bonds is 5. The summed E-state index contributed by atoms with van der Waals surface area (Å²) in [4.78, 5) is 24.4. The van der Waals surface area contributed by atoms with Crippen molar-refractivity contribution in [3.8, 4) is 6.07 Å². The van der Waals surface area contributed by atoms with E-state index in [0.717, 1.165) is 11.1 Å². The molecule has 0 saturated heterocycles. The van der Waals surface area contributed by atoms with Gasteiger partial charge in [0.2, 0.25) is 0 Å². The van der Waals surface area contributed by atoms with Crippen LogP contribution in [0.25, 0.3) is 0 Å². The molecule has 1 amide bonds. The molecule has 23 heavy (non-hydrogen) atoms. The lowest BCUT2D eigenvalue weighted by atomic mass is 9.90. The van der Waals surface area contributed by atoms with Crippen molar-refractivity contribution in [2.75, 3.05) is 0 Å². The third-order valence-corrected chi connectivity index (χ3v) is 4.25. The van der Waals surface area contributed by atoms with Crippen LogP contribution in [0.5, 0.6) is 0 Å². The molecular weight excluding hydrogens is 292 g/mol. The summed E-state index contributed by atoms with van der Waals surface area (Å²) in [6.45, 7) is 10.6. The first-order valence-corrected chi connectivity index (χ1v) is 7.63. The van der Waals surface area contributed by atoms with E-state index in [1.807, 2.05) is 33.8 Å². The van der Waals surface area contributed by atoms with Gasteiger partial charge < -0.3 is 10.1 Å². The van der Waals surface area contributed by atoms with Crippen LogP contribution in [-0.4, -0.2) is 23.5 Å². The number of esters is 1. The van der Waals surface area contributed by atoms with Gasteiger partial charge in [0.05, 0.1) is 11.6 Å². The molecule has 1 rings (SSSR count). The predicted octanol–water partition coefficient (Wildman–Crippen LogP) is 2.90. The first-order chi connectivity index (χ1) is 10.6. The van der Waals surface area contributed by atoms with Gasteiger partial charge in [-0.15, -0.1) is 0 Å². The van der Waals surface area contributed by atoms with Gasteiger partial charge in [-0.25, -0.2) is 4.79 Å². The molecule has 2 atom stereocenters. The third kappa shape index (κ3) is 4.32. The summed E-state index contributed by atoms with van der Waals surface area (Å²) < 4.78 is 5.24. The van der Waals surface area contributed by atoms with Crippen LogP contribution in [-0.2, 0) is 9.53 Å². The highest BCUT2D eigenvalue weighted by Crippen LogP contribution is 2.17. The van der Waals surface area contributed by atoms with E-state index < -0.39 is 23.5 Å². The first kappa shape index (κ1) is 18.7. The van der Waals surface area contributed by atoms with Crippen molar-refractivity contribution in [2.45, 2.75) is 53.2 Å². The fourth-order valence-electron chi connectivity index (χ4n) is 1.91. The average molecular weight is 316 g/mol. The molecule has 0 unspecified atom stereocenters. The smallest absolute Gasteiger partial charge is 0.339 e. The lowest BCUT2D eigenvalue weighted by Crippen LogP contribution is -2.52. The topological polar surface area (TPSA) is 79.2 Å². The second kappa shape index (κ2) is 7.28. The average Bonchev–Trinajstić information content (AvgIpc) is 2.49. The normalized spacial score (nSPS) is 14.5. The van der Waals surface area contributed by atoms with Crippen LogP contribution in [0.3, 0.4) is 0 Å². The number of carbonyl (C=O) groups is 2. The monoisotopic (exact) mass is 316 g/mol. The van der Waals surface area contributed by atoms with Crippen molar-refractivity contribution < 1.29 is 14.3 Å². The van der Waals surface area contributed by atoms with Gasteiger partial charge in [-0.2, -0.15) is 5.26 Å². The molecule has 0 radical (unpaired) electrons. The van der Waals surface area contributed by atoms with Crippen LogP contribution in [0.1, 0.15) is 49.2 Å². The van der Waals surface area contributed by atoms with Gasteiger partial charge in [-0.3, -0.25) is 4.79 Å². The molecule has 0 spiro atoms. The highest BCUT2D eigenvalue weighted by atomic mass is 16.5. The van der Waals surface area contributed by atoms with Gasteiger partial charge in [0, 0.05) is 0 Å². The summed E-state index contributed by atoms with van der Waals surface area (Å²) in [6, 6.07) is 7.44. The van der Waals surface area contributed by atoms with Crippen LogP contribution in [0, 0.1) is 31.1 Å². The number of benzene rings is 1. The maximum absolute atomic E-state index is 12.2. The van der Waals surface area contributed by atoms with Crippen molar-refractivity contribution in [2.24, 2.45) is 5.92 Å². The van der Waals surface area contributed by atoms with E-state index in [0.29, 0.717) is 5.56 Å². The van der Waals surface area contributed by atoms with Gasteiger partial charge in [-0.05, 0) is 50.8 Å². The van der Waals surface area contributed by atoms with Crippen molar-refractivity contribution in [3.05, 3.63) is 34.9 Å². The van der Waals surface area contributed by atoms with Crippen LogP contribution in [0.15, 0.2) is 18.2 Å². The molecule has 0 aliphatic carbocycles. The second-order valence-electron chi connectivity index (χ2n) is 6.25. The van der Waals surface area contributed by atoms with Crippen LogP contribution in [0.4, 0.5) is 0 Å². The van der Waals surface area contributed by atoms with Gasteiger partial charge in [0.25, 0.3) is 5.91 Å². The number of hydrogen-bond donors (Lipinski definition) is 1. The van der Waals surface area contributed by atoms with Crippen molar-refractivity contribution >= 4 is 11.9 Å². The van der Waals surface area contributed by atoms with Crippen LogP contribution < -0.4 is 5.32 Å². The fourth-order valence-corrected chi connectivity index (χ4v) is 1.91. The number of hydrogen-bond acceptors (Lipinski definition) is 4. The quantitative estimate of drug-likeness (QED) is 0.847. The molecule has 5 heteroatoms. The molecule has 0 heterocycles. The van der Waals surface area contributed by atoms with E-state index in [1.165, 1.54) is 6.92 Å². The lowest BCUT2D eigenvalue weighted by molar-refractivity contribution is -0.130. The highest BCUT2D eigenvalue weighted by molar-refractivity contribution is 5.93. The minimum absolute atomic E-state index is 0.0710. The Morgan fingerprint density at radius 1 is 1.26 bits per heavy atom. The minimum Gasteiger partial charge on any atom is -0.449 e. The Kier molecular flexibility index (Phi) is 5.91. The Labute approximate surface area is 137 Å². The van der Waals surface area contributed by atoms with Crippen LogP contribution in [0.2, 0.25) is 0 Å². The summed E-state index contributed by atoms with van der Waals surface area (Å²) >= 11 is 0.